The van der Waals surface area contributed by atoms with Crippen LogP contribution in [0.2, 0.25) is 0 Å². The van der Waals surface area contributed by atoms with Crippen LogP contribution in [0.5, 0.6) is 0 Å². The third kappa shape index (κ3) is 5.90. The van der Waals surface area contributed by atoms with Crippen molar-refractivity contribution >= 4 is 27.8 Å². The van der Waals surface area contributed by atoms with E-state index in [2.05, 4.69) is 129 Å². The molecule has 10 rings (SSSR count). The molecule has 0 radical (unpaired) electrons. The van der Waals surface area contributed by atoms with Gasteiger partial charge in [0.1, 0.15) is 0 Å². The molecule has 1 heteroatoms. The average molecular weight is 720 g/mol. The number of benzene rings is 9. The van der Waals surface area contributed by atoms with Crippen molar-refractivity contribution in [2.75, 3.05) is 4.90 Å². The first kappa shape index (κ1) is 29.4. The fraction of sp³-hybridized carbons (Fsp3) is 0.0545. The molecule has 0 saturated heterocycles. The van der Waals surface area contributed by atoms with E-state index in [1.54, 1.807) is 0 Å². The van der Waals surface area contributed by atoms with Crippen molar-refractivity contribution in [1.82, 2.24) is 0 Å². The Hall–Kier alpha value is -6.96. The van der Waals surface area contributed by atoms with Gasteiger partial charge in [0.15, 0.2) is 0 Å². The lowest BCUT2D eigenvalue weighted by atomic mass is 9.82. The van der Waals surface area contributed by atoms with Crippen molar-refractivity contribution in [2.45, 2.75) is 19.3 Å². The Morgan fingerprint density at radius 2 is 0.893 bits per heavy atom. The number of hydrogen-bond donors (Lipinski definition) is 0. The molecule has 0 atom stereocenters. The van der Waals surface area contributed by atoms with E-state index in [0.717, 1.165) is 50.3 Å². The zero-order valence-electron chi connectivity index (χ0n) is 35.3. The van der Waals surface area contributed by atoms with E-state index in [1.807, 2.05) is 77.7 Å². The molecule has 0 fully saturated rings. The first-order valence-electron chi connectivity index (χ1n) is 21.2. The summed E-state index contributed by atoms with van der Waals surface area (Å²) in [5, 5.41) is 2.41. The molecule has 0 bridgehead atoms. The van der Waals surface area contributed by atoms with Gasteiger partial charge in [-0.25, -0.2) is 0 Å². The molecule has 0 spiro atoms. The van der Waals surface area contributed by atoms with Crippen LogP contribution >= 0.6 is 0 Å². The molecular weight excluding hydrogens is 675 g/mol. The molecular formula is C55H41N. The van der Waals surface area contributed by atoms with Crippen LogP contribution < -0.4 is 4.90 Å². The maximum absolute atomic E-state index is 9.61. The number of fused-ring (bicyclic) bond motifs is 4. The van der Waals surface area contributed by atoms with Gasteiger partial charge in [-0.2, -0.15) is 0 Å². The zero-order chi connectivity index (χ0) is 41.1. The molecule has 9 aromatic carbocycles. The van der Waals surface area contributed by atoms with Crippen molar-refractivity contribution in [3.63, 3.8) is 0 Å². The van der Waals surface area contributed by atoms with Crippen LogP contribution in [0.15, 0.2) is 212 Å². The van der Waals surface area contributed by atoms with Gasteiger partial charge in [-0.05, 0) is 126 Å². The molecule has 0 aliphatic heterocycles. The largest absolute Gasteiger partial charge is 0.310 e. The quantitative estimate of drug-likeness (QED) is 0.159. The summed E-state index contributed by atoms with van der Waals surface area (Å²) in [4.78, 5) is 1.90. The minimum absolute atomic E-state index is 0.0861. The maximum atomic E-state index is 9.61. The Kier molecular flexibility index (Phi) is 7.20. The van der Waals surface area contributed by atoms with Crippen molar-refractivity contribution in [2.24, 2.45) is 0 Å². The fourth-order valence-electron chi connectivity index (χ4n) is 8.43. The van der Waals surface area contributed by atoms with Crippen LogP contribution in [-0.2, 0) is 5.41 Å². The van der Waals surface area contributed by atoms with Crippen LogP contribution in [-0.4, -0.2) is 0 Å². The molecule has 1 aliphatic rings. The molecule has 0 N–H and O–H groups in total. The fourth-order valence-corrected chi connectivity index (χ4v) is 8.43. The molecule has 0 heterocycles. The van der Waals surface area contributed by atoms with Gasteiger partial charge >= 0.3 is 0 Å². The first-order chi connectivity index (χ1) is 29.2. The number of nitrogens with zero attached hydrogens (tertiary/aromatic N) is 1. The van der Waals surface area contributed by atoms with Gasteiger partial charge in [-0.15, -0.1) is 0 Å². The van der Waals surface area contributed by atoms with Crippen LogP contribution in [0.1, 0.15) is 30.5 Å². The topological polar surface area (TPSA) is 3.24 Å². The van der Waals surface area contributed by atoms with Gasteiger partial charge in [-0.3, -0.25) is 0 Å². The monoisotopic (exact) mass is 719 g/mol. The van der Waals surface area contributed by atoms with E-state index in [9.17, 15) is 5.48 Å². The highest BCUT2D eigenvalue weighted by molar-refractivity contribution is 5.97. The van der Waals surface area contributed by atoms with Crippen LogP contribution in [0.4, 0.5) is 17.1 Å². The second kappa shape index (κ2) is 13.7. The highest BCUT2D eigenvalue weighted by atomic mass is 15.1. The summed E-state index contributed by atoms with van der Waals surface area (Å²) < 4.78 is 38.1. The molecule has 1 nitrogen and oxygen atoms in total. The van der Waals surface area contributed by atoms with Gasteiger partial charge in [0.25, 0.3) is 0 Å². The Labute approximate surface area is 335 Å². The van der Waals surface area contributed by atoms with Crippen LogP contribution in [0.25, 0.3) is 66.4 Å². The van der Waals surface area contributed by atoms with Gasteiger partial charge in [-0.1, -0.05) is 178 Å². The SMILES string of the molecule is [2H]c1c([2H])c(N(c2ccc(-c3cccc(-c4cccc5ccccc45)c3)cc2)c2ccc3c(c2)C(C)(C)c2ccccc2-3)c([2H])c([2H])c1-c1cccc(-c2ccccc2)c1. The second-order valence-electron chi connectivity index (χ2n) is 15.1. The highest BCUT2D eigenvalue weighted by Crippen LogP contribution is 2.50. The van der Waals surface area contributed by atoms with E-state index in [4.69, 9.17) is 0 Å². The predicted molar refractivity (Wildman–Crippen MR) is 238 cm³/mol. The maximum Gasteiger partial charge on any atom is 0.0645 e. The average Bonchev–Trinajstić information content (AvgIpc) is 3.52. The summed E-state index contributed by atoms with van der Waals surface area (Å²) in [7, 11) is 0. The number of rotatable bonds is 7. The Balaban J connectivity index is 1.11. The highest BCUT2D eigenvalue weighted by Gasteiger charge is 2.35. The second-order valence-corrected chi connectivity index (χ2v) is 15.1. The zero-order valence-corrected chi connectivity index (χ0v) is 31.3. The van der Waals surface area contributed by atoms with E-state index in [0.29, 0.717) is 5.56 Å². The Bertz CT molecular complexity index is 3080. The molecule has 0 unspecified atom stereocenters. The molecule has 1 aliphatic carbocycles. The van der Waals surface area contributed by atoms with E-state index in [-0.39, 0.29) is 40.8 Å². The first-order valence-corrected chi connectivity index (χ1v) is 19.2. The smallest absolute Gasteiger partial charge is 0.0645 e. The van der Waals surface area contributed by atoms with Crippen LogP contribution in [0, 0.1) is 0 Å². The van der Waals surface area contributed by atoms with E-state index >= 15 is 0 Å². The molecule has 266 valence electrons. The van der Waals surface area contributed by atoms with E-state index < -0.39 is 0 Å². The molecule has 0 aromatic heterocycles. The third-order valence-corrected chi connectivity index (χ3v) is 11.3. The predicted octanol–water partition coefficient (Wildman–Crippen LogP) is 15.3. The van der Waals surface area contributed by atoms with Gasteiger partial charge in [0.2, 0.25) is 0 Å². The summed E-state index contributed by atoms with van der Waals surface area (Å²) in [6, 6.07) is 63.9. The summed E-state index contributed by atoms with van der Waals surface area (Å²) in [6.07, 6.45) is 0. The number of anilines is 3. The van der Waals surface area contributed by atoms with Crippen molar-refractivity contribution in [3.05, 3.63) is 223 Å². The van der Waals surface area contributed by atoms with E-state index in [1.165, 1.54) is 27.5 Å². The summed E-state index contributed by atoms with van der Waals surface area (Å²) in [6.45, 7) is 4.47. The van der Waals surface area contributed by atoms with Gasteiger partial charge in [0, 0.05) is 22.5 Å². The summed E-state index contributed by atoms with van der Waals surface area (Å²) >= 11 is 0. The lowest BCUT2D eigenvalue weighted by Gasteiger charge is -2.28. The standard InChI is InChI=1S/C55H41N/c1-55(2)53-24-9-8-22-51(53)52-34-33-48(37-54(52)55)56(46-29-25-39(26-30-46)43-18-10-17-42(35-43)38-13-4-3-5-14-38)47-31-27-40(28-32-47)44-19-11-20-45(36-44)50-23-12-16-41-15-6-7-21-49(41)50/h3-37H,1-2H3/i25D,26D,29D,30D. The molecule has 0 amide bonds. The third-order valence-electron chi connectivity index (χ3n) is 11.3. The molecule has 56 heavy (non-hydrogen) atoms. The van der Waals surface area contributed by atoms with Crippen LogP contribution in [0.3, 0.4) is 0 Å². The minimum atomic E-state index is -0.283. The molecule has 9 aromatic rings. The lowest BCUT2D eigenvalue weighted by Crippen LogP contribution is -2.16. The lowest BCUT2D eigenvalue weighted by molar-refractivity contribution is 0.660. The Morgan fingerprint density at radius 1 is 0.357 bits per heavy atom. The normalized spacial score (nSPS) is 13.6. The number of hydrogen-bond acceptors (Lipinski definition) is 1. The summed E-state index contributed by atoms with van der Waals surface area (Å²) in [5.41, 5.74) is 13.5. The van der Waals surface area contributed by atoms with Gasteiger partial charge < -0.3 is 4.90 Å². The van der Waals surface area contributed by atoms with Crippen molar-refractivity contribution in [3.8, 4) is 55.6 Å². The van der Waals surface area contributed by atoms with Crippen molar-refractivity contribution < 1.29 is 5.48 Å². The van der Waals surface area contributed by atoms with Crippen molar-refractivity contribution in [1.29, 1.82) is 0 Å². The molecule has 0 saturated carbocycles. The van der Waals surface area contributed by atoms with Gasteiger partial charge in [0.05, 0.1) is 5.48 Å². The summed E-state index contributed by atoms with van der Waals surface area (Å²) in [5.74, 6) is 0. The Morgan fingerprint density at radius 3 is 1.68 bits per heavy atom. The minimum Gasteiger partial charge on any atom is -0.310 e.